The quantitative estimate of drug-likeness (QED) is 0.517. The SMILES string of the molecule is [CH2]C(O)([S+]=O)c1ccccn1. The van der Waals surface area contributed by atoms with Gasteiger partial charge in [0.05, 0.1) is 6.92 Å². The fourth-order valence-electron chi connectivity index (χ4n) is 0.637. The zero-order valence-electron chi connectivity index (χ0n) is 5.73. The molecular weight excluding hydrogens is 162 g/mol. The van der Waals surface area contributed by atoms with Crippen LogP contribution in [-0.4, -0.2) is 10.1 Å². The van der Waals surface area contributed by atoms with E-state index < -0.39 is 4.93 Å². The number of aliphatic hydroxyl groups is 1. The van der Waals surface area contributed by atoms with Gasteiger partial charge in [-0.3, -0.25) is 4.98 Å². The summed E-state index contributed by atoms with van der Waals surface area (Å²) in [7, 11) is 0. The van der Waals surface area contributed by atoms with E-state index >= 15 is 0 Å². The predicted octanol–water partition coefficient (Wildman–Crippen LogP) is 0.489. The van der Waals surface area contributed by atoms with Crippen LogP contribution in [-0.2, 0) is 20.8 Å². The molecular formula is C7H7NO2S+. The highest BCUT2D eigenvalue weighted by Gasteiger charge is 2.39. The molecule has 1 aromatic rings. The highest BCUT2D eigenvalue weighted by Crippen LogP contribution is 2.15. The molecule has 11 heavy (non-hydrogen) atoms. The molecule has 0 aromatic carbocycles. The van der Waals surface area contributed by atoms with Crippen molar-refractivity contribution in [3.63, 3.8) is 0 Å². The van der Waals surface area contributed by atoms with E-state index in [1.54, 1.807) is 18.2 Å². The fourth-order valence-corrected chi connectivity index (χ4v) is 0.843. The van der Waals surface area contributed by atoms with Crippen molar-refractivity contribution in [2.75, 3.05) is 0 Å². The van der Waals surface area contributed by atoms with E-state index in [0.29, 0.717) is 0 Å². The van der Waals surface area contributed by atoms with Crippen molar-refractivity contribution >= 4 is 11.7 Å². The van der Waals surface area contributed by atoms with Gasteiger partial charge in [-0.05, 0) is 12.1 Å². The van der Waals surface area contributed by atoms with Gasteiger partial charge in [0, 0.05) is 10.4 Å². The molecule has 1 atom stereocenters. The molecule has 1 N–H and O–H groups in total. The van der Waals surface area contributed by atoms with E-state index in [1.165, 1.54) is 6.20 Å². The minimum Gasteiger partial charge on any atom is -0.331 e. The van der Waals surface area contributed by atoms with E-state index in [4.69, 9.17) is 0 Å². The summed E-state index contributed by atoms with van der Waals surface area (Å²) in [5.74, 6) is 0. The largest absolute Gasteiger partial charge is 0.504 e. The number of hydrogen-bond acceptors (Lipinski definition) is 3. The number of aromatic nitrogens is 1. The van der Waals surface area contributed by atoms with Crippen molar-refractivity contribution in [2.24, 2.45) is 0 Å². The minimum atomic E-state index is -1.67. The predicted molar refractivity (Wildman–Crippen MR) is 41.5 cm³/mol. The normalized spacial score (nSPS) is 15.5. The first-order chi connectivity index (χ1) is 5.17. The van der Waals surface area contributed by atoms with Crippen molar-refractivity contribution < 1.29 is 9.32 Å². The Labute approximate surface area is 68.6 Å². The lowest BCUT2D eigenvalue weighted by atomic mass is 10.2. The Morgan fingerprint density at radius 1 is 1.64 bits per heavy atom. The van der Waals surface area contributed by atoms with Crippen molar-refractivity contribution in [1.82, 2.24) is 4.98 Å². The lowest BCUT2D eigenvalue weighted by Crippen LogP contribution is -2.20. The molecule has 0 aliphatic carbocycles. The van der Waals surface area contributed by atoms with Crippen LogP contribution >= 0.6 is 0 Å². The molecule has 1 heterocycles. The molecule has 4 heteroatoms. The lowest BCUT2D eigenvalue weighted by molar-refractivity contribution is 0.177. The van der Waals surface area contributed by atoms with E-state index in [-0.39, 0.29) is 17.4 Å². The van der Waals surface area contributed by atoms with Crippen LogP contribution in [0.4, 0.5) is 0 Å². The molecule has 0 fully saturated rings. The van der Waals surface area contributed by atoms with Gasteiger partial charge < -0.3 is 5.11 Å². The van der Waals surface area contributed by atoms with Crippen molar-refractivity contribution in [2.45, 2.75) is 4.93 Å². The van der Waals surface area contributed by atoms with Gasteiger partial charge in [-0.1, -0.05) is 6.07 Å². The van der Waals surface area contributed by atoms with Gasteiger partial charge >= 0.3 is 16.6 Å². The fraction of sp³-hybridized carbons (Fsp3) is 0.143. The second kappa shape index (κ2) is 3.02. The smallest absolute Gasteiger partial charge is 0.331 e. The monoisotopic (exact) mass is 169 g/mol. The number of nitrogens with zero attached hydrogens (tertiary/aromatic N) is 1. The molecule has 1 radical (unpaired) electrons. The molecule has 57 valence electrons. The topological polar surface area (TPSA) is 50.2 Å². The summed E-state index contributed by atoms with van der Waals surface area (Å²) < 4.78 is 10.3. The number of rotatable bonds is 2. The van der Waals surface area contributed by atoms with Crippen molar-refractivity contribution in [3.05, 3.63) is 37.0 Å². The van der Waals surface area contributed by atoms with Crippen LogP contribution in [0.2, 0.25) is 0 Å². The van der Waals surface area contributed by atoms with Crippen molar-refractivity contribution in [3.8, 4) is 0 Å². The highest BCUT2D eigenvalue weighted by molar-refractivity contribution is 7.66. The summed E-state index contributed by atoms with van der Waals surface area (Å²) in [4.78, 5) is 2.12. The molecule has 0 amide bonds. The third-order valence-electron chi connectivity index (χ3n) is 1.20. The molecule has 0 saturated carbocycles. The van der Waals surface area contributed by atoms with Crippen LogP contribution in [0.1, 0.15) is 5.69 Å². The Morgan fingerprint density at radius 3 is 2.82 bits per heavy atom. The maximum atomic E-state index is 10.3. The summed E-state index contributed by atoms with van der Waals surface area (Å²) in [6.45, 7) is 3.30. The Balaban J connectivity index is 3.02. The van der Waals surface area contributed by atoms with E-state index in [1.807, 2.05) is 0 Å². The zero-order chi connectivity index (χ0) is 8.32. The Hall–Kier alpha value is -0.870. The first-order valence-electron chi connectivity index (χ1n) is 2.97. The summed E-state index contributed by atoms with van der Waals surface area (Å²) >= 11 is 0.0121. The van der Waals surface area contributed by atoms with Crippen LogP contribution in [0.25, 0.3) is 0 Å². The third kappa shape index (κ3) is 1.78. The van der Waals surface area contributed by atoms with Crippen LogP contribution in [0.3, 0.4) is 0 Å². The van der Waals surface area contributed by atoms with Gasteiger partial charge in [0.2, 0.25) is 0 Å². The Bertz CT molecular complexity index is 248. The van der Waals surface area contributed by atoms with Gasteiger partial charge in [0.15, 0.2) is 0 Å². The van der Waals surface area contributed by atoms with Gasteiger partial charge in [-0.15, -0.1) is 0 Å². The standard InChI is InChI=1S/C7H7NO2S/c1-7(9,11-10)6-4-2-3-5-8-6/h2-5,9H,1H2/q+1. The van der Waals surface area contributed by atoms with E-state index in [9.17, 15) is 9.32 Å². The van der Waals surface area contributed by atoms with E-state index in [2.05, 4.69) is 11.9 Å². The molecule has 0 spiro atoms. The van der Waals surface area contributed by atoms with Gasteiger partial charge in [0.25, 0.3) is 0 Å². The average molecular weight is 169 g/mol. The molecule has 0 saturated heterocycles. The first-order valence-corrected chi connectivity index (χ1v) is 3.71. The number of pyridine rings is 1. The summed E-state index contributed by atoms with van der Waals surface area (Å²) in [5.41, 5.74) is 0.278. The first kappa shape index (κ1) is 8.23. The van der Waals surface area contributed by atoms with Crippen LogP contribution < -0.4 is 0 Å². The Morgan fingerprint density at radius 2 is 2.36 bits per heavy atom. The maximum absolute atomic E-state index is 10.3. The van der Waals surface area contributed by atoms with Gasteiger partial charge in [-0.25, -0.2) is 0 Å². The zero-order valence-corrected chi connectivity index (χ0v) is 6.54. The Kier molecular flexibility index (Phi) is 2.26. The molecule has 0 aliphatic rings. The molecule has 1 aromatic heterocycles. The highest BCUT2D eigenvalue weighted by atomic mass is 32.1. The van der Waals surface area contributed by atoms with Crippen LogP contribution in [0.15, 0.2) is 24.4 Å². The van der Waals surface area contributed by atoms with Crippen LogP contribution in [0.5, 0.6) is 0 Å². The second-order valence-corrected chi connectivity index (χ2v) is 2.92. The molecule has 0 bridgehead atoms. The second-order valence-electron chi connectivity index (χ2n) is 2.08. The average Bonchev–Trinajstić information content (AvgIpc) is 2.06. The van der Waals surface area contributed by atoms with Crippen LogP contribution in [0, 0.1) is 6.92 Å². The molecule has 1 rings (SSSR count). The van der Waals surface area contributed by atoms with Crippen molar-refractivity contribution in [1.29, 1.82) is 0 Å². The third-order valence-corrected chi connectivity index (χ3v) is 1.69. The van der Waals surface area contributed by atoms with E-state index in [0.717, 1.165) is 0 Å². The lowest BCUT2D eigenvalue weighted by Gasteiger charge is -2.00. The summed E-state index contributed by atoms with van der Waals surface area (Å²) in [5, 5.41) is 9.27. The number of hydrogen-bond donors (Lipinski definition) is 1. The molecule has 3 nitrogen and oxygen atoms in total. The van der Waals surface area contributed by atoms with Gasteiger partial charge in [-0.2, -0.15) is 0 Å². The summed E-state index contributed by atoms with van der Waals surface area (Å²) in [6, 6.07) is 4.95. The van der Waals surface area contributed by atoms with Gasteiger partial charge in [0.1, 0.15) is 5.69 Å². The summed E-state index contributed by atoms with van der Waals surface area (Å²) in [6.07, 6.45) is 1.50. The maximum Gasteiger partial charge on any atom is 0.504 e. The minimum absolute atomic E-state index is 0.0121. The molecule has 0 aliphatic heterocycles. The molecule has 1 unspecified atom stereocenters.